The van der Waals surface area contributed by atoms with Crippen LogP contribution in [0.15, 0.2) is 36.7 Å². The number of nitrogens with one attached hydrogen (secondary N) is 1. The minimum absolute atomic E-state index is 0.527. The molecule has 0 bridgehead atoms. The molecule has 0 amide bonds. The van der Waals surface area contributed by atoms with Crippen molar-refractivity contribution < 1.29 is 0 Å². The van der Waals surface area contributed by atoms with Crippen LogP contribution in [0.2, 0.25) is 10.0 Å². The van der Waals surface area contributed by atoms with Crippen molar-refractivity contribution in [2.45, 2.75) is 6.42 Å². The standard InChI is InChI=1S/C13H9Cl2N3/c14-9-2-1-3-10(15)8(9)6-13-17-7-12-11(18-13)4-5-16-12/h1-5,7,16H,6H2. The van der Waals surface area contributed by atoms with E-state index in [2.05, 4.69) is 15.0 Å². The van der Waals surface area contributed by atoms with Crippen molar-refractivity contribution in [3.63, 3.8) is 0 Å². The Balaban J connectivity index is 2.00. The zero-order valence-corrected chi connectivity index (χ0v) is 10.8. The Hall–Kier alpha value is -1.58. The number of hydrogen-bond acceptors (Lipinski definition) is 2. The van der Waals surface area contributed by atoms with E-state index in [9.17, 15) is 0 Å². The summed E-state index contributed by atoms with van der Waals surface area (Å²) >= 11 is 12.3. The number of aromatic amines is 1. The Kier molecular flexibility index (Phi) is 2.94. The molecule has 2 heterocycles. The largest absolute Gasteiger partial charge is 0.359 e. The average Bonchev–Trinajstić information content (AvgIpc) is 2.81. The summed E-state index contributed by atoms with van der Waals surface area (Å²) in [6.07, 6.45) is 4.13. The van der Waals surface area contributed by atoms with Crippen molar-refractivity contribution in [2.24, 2.45) is 0 Å². The van der Waals surface area contributed by atoms with E-state index in [1.165, 1.54) is 0 Å². The second kappa shape index (κ2) is 4.59. The Morgan fingerprint density at radius 3 is 2.67 bits per heavy atom. The van der Waals surface area contributed by atoms with Crippen molar-refractivity contribution in [2.75, 3.05) is 0 Å². The van der Waals surface area contributed by atoms with Crippen molar-refractivity contribution in [3.05, 3.63) is 58.1 Å². The van der Waals surface area contributed by atoms with Gasteiger partial charge in [0.15, 0.2) is 0 Å². The maximum absolute atomic E-state index is 6.13. The van der Waals surface area contributed by atoms with Crippen molar-refractivity contribution in [1.82, 2.24) is 15.0 Å². The number of rotatable bonds is 2. The number of aromatic nitrogens is 3. The highest BCUT2D eigenvalue weighted by Gasteiger charge is 2.09. The minimum atomic E-state index is 0.527. The van der Waals surface area contributed by atoms with E-state index in [0.717, 1.165) is 16.6 Å². The summed E-state index contributed by atoms with van der Waals surface area (Å²) in [4.78, 5) is 11.8. The van der Waals surface area contributed by atoms with Gasteiger partial charge in [0, 0.05) is 22.7 Å². The van der Waals surface area contributed by atoms with Gasteiger partial charge in [0.25, 0.3) is 0 Å². The maximum Gasteiger partial charge on any atom is 0.133 e. The molecule has 0 aliphatic carbocycles. The van der Waals surface area contributed by atoms with Gasteiger partial charge < -0.3 is 4.98 Å². The zero-order chi connectivity index (χ0) is 12.5. The molecule has 0 aliphatic rings. The van der Waals surface area contributed by atoms with Crippen LogP contribution in [0.25, 0.3) is 11.0 Å². The Morgan fingerprint density at radius 2 is 1.89 bits per heavy atom. The van der Waals surface area contributed by atoms with Crippen LogP contribution >= 0.6 is 23.2 Å². The summed E-state index contributed by atoms with van der Waals surface area (Å²) in [6.45, 7) is 0. The summed E-state index contributed by atoms with van der Waals surface area (Å²) in [6, 6.07) is 7.37. The van der Waals surface area contributed by atoms with Gasteiger partial charge in [-0.1, -0.05) is 29.3 Å². The summed E-state index contributed by atoms with van der Waals surface area (Å²) in [7, 11) is 0. The monoisotopic (exact) mass is 277 g/mol. The van der Waals surface area contributed by atoms with Crippen LogP contribution in [0.1, 0.15) is 11.4 Å². The molecule has 0 radical (unpaired) electrons. The molecule has 0 aliphatic heterocycles. The van der Waals surface area contributed by atoms with Gasteiger partial charge in [-0.3, -0.25) is 0 Å². The summed E-state index contributed by atoms with van der Waals surface area (Å²) in [5, 5.41) is 1.28. The molecule has 0 saturated carbocycles. The van der Waals surface area contributed by atoms with E-state index in [0.29, 0.717) is 22.3 Å². The first-order chi connectivity index (χ1) is 8.74. The van der Waals surface area contributed by atoms with Gasteiger partial charge in [-0.15, -0.1) is 0 Å². The molecule has 18 heavy (non-hydrogen) atoms. The molecule has 1 aromatic carbocycles. The molecule has 2 aromatic heterocycles. The van der Waals surface area contributed by atoms with Crippen LogP contribution in [0.5, 0.6) is 0 Å². The SMILES string of the molecule is Clc1cccc(Cl)c1Cc1ncc2[nH]ccc2n1. The lowest BCUT2D eigenvalue weighted by atomic mass is 10.1. The van der Waals surface area contributed by atoms with E-state index < -0.39 is 0 Å². The highest BCUT2D eigenvalue weighted by Crippen LogP contribution is 2.26. The van der Waals surface area contributed by atoms with Gasteiger partial charge in [0.05, 0.1) is 17.2 Å². The molecule has 0 atom stereocenters. The molecule has 90 valence electrons. The molecular formula is C13H9Cl2N3. The van der Waals surface area contributed by atoms with Gasteiger partial charge >= 0.3 is 0 Å². The van der Waals surface area contributed by atoms with E-state index in [4.69, 9.17) is 23.2 Å². The molecule has 1 N–H and O–H groups in total. The molecule has 3 aromatic rings. The number of halogens is 2. The summed E-state index contributed by atoms with van der Waals surface area (Å²) < 4.78 is 0. The lowest BCUT2D eigenvalue weighted by Crippen LogP contribution is -1.97. The third kappa shape index (κ3) is 2.07. The number of benzene rings is 1. The van der Waals surface area contributed by atoms with Crippen LogP contribution in [0.4, 0.5) is 0 Å². The van der Waals surface area contributed by atoms with Crippen LogP contribution in [0.3, 0.4) is 0 Å². The Morgan fingerprint density at radius 1 is 1.11 bits per heavy atom. The molecule has 0 unspecified atom stereocenters. The van der Waals surface area contributed by atoms with Crippen LogP contribution in [-0.2, 0) is 6.42 Å². The third-order valence-electron chi connectivity index (χ3n) is 2.74. The summed E-state index contributed by atoms with van der Waals surface area (Å²) in [5.74, 6) is 0.706. The highest BCUT2D eigenvalue weighted by atomic mass is 35.5. The molecule has 0 fully saturated rings. The first kappa shape index (κ1) is 11.5. The normalized spacial score (nSPS) is 11.0. The van der Waals surface area contributed by atoms with E-state index in [-0.39, 0.29) is 0 Å². The molecule has 0 saturated heterocycles. The van der Waals surface area contributed by atoms with Crippen LogP contribution < -0.4 is 0 Å². The Labute approximate surface area is 114 Å². The van der Waals surface area contributed by atoms with Crippen molar-refractivity contribution >= 4 is 34.2 Å². The predicted molar refractivity (Wildman–Crippen MR) is 73.2 cm³/mol. The van der Waals surface area contributed by atoms with Gasteiger partial charge in [-0.05, 0) is 23.8 Å². The maximum atomic E-state index is 6.13. The van der Waals surface area contributed by atoms with E-state index >= 15 is 0 Å². The lowest BCUT2D eigenvalue weighted by molar-refractivity contribution is 0.992. The average molecular weight is 278 g/mol. The topological polar surface area (TPSA) is 41.6 Å². The first-order valence-corrected chi connectivity index (χ1v) is 6.21. The first-order valence-electron chi connectivity index (χ1n) is 5.46. The van der Waals surface area contributed by atoms with E-state index in [1.807, 2.05) is 30.5 Å². The zero-order valence-electron chi connectivity index (χ0n) is 9.32. The van der Waals surface area contributed by atoms with E-state index in [1.54, 1.807) is 6.20 Å². The Bertz CT molecular complexity index is 686. The quantitative estimate of drug-likeness (QED) is 0.773. The fraction of sp³-hybridized carbons (Fsp3) is 0.0769. The fourth-order valence-electron chi connectivity index (χ4n) is 1.83. The number of H-pyrrole nitrogens is 1. The van der Waals surface area contributed by atoms with Crippen LogP contribution in [-0.4, -0.2) is 15.0 Å². The number of fused-ring (bicyclic) bond motifs is 1. The smallest absolute Gasteiger partial charge is 0.133 e. The second-order valence-corrected chi connectivity index (χ2v) is 4.75. The highest BCUT2D eigenvalue weighted by molar-refractivity contribution is 6.36. The molecule has 5 heteroatoms. The fourth-order valence-corrected chi connectivity index (χ4v) is 2.36. The van der Waals surface area contributed by atoms with Gasteiger partial charge in [-0.2, -0.15) is 0 Å². The minimum Gasteiger partial charge on any atom is -0.359 e. The predicted octanol–water partition coefficient (Wildman–Crippen LogP) is 3.86. The number of nitrogens with zero attached hydrogens (tertiary/aromatic N) is 2. The lowest BCUT2D eigenvalue weighted by Gasteiger charge is -2.05. The van der Waals surface area contributed by atoms with Crippen molar-refractivity contribution in [3.8, 4) is 0 Å². The third-order valence-corrected chi connectivity index (χ3v) is 3.45. The molecule has 0 spiro atoms. The number of hydrogen-bond donors (Lipinski definition) is 1. The van der Waals surface area contributed by atoms with Crippen LogP contribution in [0, 0.1) is 0 Å². The molecular weight excluding hydrogens is 269 g/mol. The van der Waals surface area contributed by atoms with Crippen molar-refractivity contribution in [1.29, 1.82) is 0 Å². The second-order valence-electron chi connectivity index (χ2n) is 3.94. The van der Waals surface area contributed by atoms with Gasteiger partial charge in [0.2, 0.25) is 0 Å². The molecule has 3 rings (SSSR count). The molecule has 3 nitrogen and oxygen atoms in total. The van der Waals surface area contributed by atoms with Gasteiger partial charge in [0.1, 0.15) is 5.82 Å². The van der Waals surface area contributed by atoms with Gasteiger partial charge in [-0.25, -0.2) is 9.97 Å². The summed E-state index contributed by atoms with van der Waals surface area (Å²) in [5.41, 5.74) is 2.67.